The van der Waals surface area contributed by atoms with Gasteiger partial charge < -0.3 is 10.1 Å². The van der Waals surface area contributed by atoms with Crippen LogP contribution in [0.5, 0.6) is 0 Å². The molecule has 0 bridgehead atoms. The number of nitrogens with one attached hydrogen (secondary N) is 1. The van der Waals surface area contributed by atoms with Gasteiger partial charge in [0.05, 0.1) is 13.0 Å². The maximum absolute atomic E-state index is 11.5. The van der Waals surface area contributed by atoms with Crippen LogP contribution in [0.15, 0.2) is 24.3 Å². The summed E-state index contributed by atoms with van der Waals surface area (Å²) in [6.45, 7) is 4.93. The van der Waals surface area contributed by atoms with E-state index in [0.717, 1.165) is 39.1 Å². The SMILES string of the molecule is COC(=O)[C@H]1CCN(Cc2ccc(C3CNC3)cc2)C1. The van der Waals surface area contributed by atoms with Crippen LogP contribution >= 0.6 is 0 Å². The second kappa shape index (κ2) is 5.94. The summed E-state index contributed by atoms with van der Waals surface area (Å²) < 4.78 is 4.82. The van der Waals surface area contributed by atoms with Crippen LogP contribution in [-0.2, 0) is 16.1 Å². The van der Waals surface area contributed by atoms with E-state index in [0.29, 0.717) is 5.92 Å². The number of carbonyl (C=O) groups excluding carboxylic acids is 1. The fraction of sp³-hybridized carbons (Fsp3) is 0.562. The third-order valence-corrected chi connectivity index (χ3v) is 4.45. The first-order valence-electron chi connectivity index (χ1n) is 7.36. The summed E-state index contributed by atoms with van der Waals surface area (Å²) in [5.41, 5.74) is 2.76. The number of nitrogens with zero attached hydrogens (tertiary/aromatic N) is 1. The molecule has 2 fully saturated rings. The van der Waals surface area contributed by atoms with Crippen LogP contribution in [0, 0.1) is 5.92 Å². The van der Waals surface area contributed by atoms with E-state index in [1.54, 1.807) is 0 Å². The van der Waals surface area contributed by atoms with E-state index in [-0.39, 0.29) is 11.9 Å². The first kappa shape index (κ1) is 13.6. The van der Waals surface area contributed by atoms with Gasteiger partial charge in [0.2, 0.25) is 0 Å². The largest absolute Gasteiger partial charge is 0.469 e. The minimum Gasteiger partial charge on any atom is -0.469 e. The number of benzene rings is 1. The van der Waals surface area contributed by atoms with Crippen LogP contribution in [0.2, 0.25) is 0 Å². The summed E-state index contributed by atoms with van der Waals surface area (Å²) in [5, 5.41) is 3.30. The molecule has 0 amide bonds. The zero-order valence-electron chi connectivity index (χ0n) is 12.0. The minimum absolute atomic E-state index is 0.0559. The summed E-state index contributed by atoms with van der Waals surface area (Å²) in [4.78, 5) is 13.9. The minimum atomic E-state index is -0.0691. The molecular weight excluding hydrogens is 252 g/mol. The van der Waals surface area contributed by atoms with Crippen molar-refractivity contribution >= 4 is 5.97 Å². The molecule has 20 heavy (non-hydrogen) atoms. The highest BCUT2D eigenvalue weighted by molar-refractivity contribution is 5.72. The van der Waals surface area contributed by atoms with Gasteiger partial charge in [-0.05, 0) is 24.1 Å². The van der Waals surface area contributed by atoms with Gasteiger partial charge in [0, 0.05) is 32.1 Å². The van der Waals surface area contributed by atoms with Gasteiger partial charge in [0.1, 0.15) is 0 Å². The van der Waals surface area contributed by atoms with Crippen molar-refractivity contribution in [3.63, 3.8) is 0 Å². The lowest BCUT2D eigenvalue weighted by Crippen LogP contribution is -2.39. The molecule has 2 aliphatic rings. The van der Waals surface area contributed by atoms with Crippen molar-refractivity contribution in [2.24, 2.45) is 5.92 Å². The van der Waals surface area contributed by atoms with E-state index in [1.807, 2.05) is 0 Å². The van der Waals surface area contributed by atoms with Crippen molar-refractivity contribution in [2.75, 3.05) is 33.3 Å². The van der Waals surface area contributed by atoms with Gasteiger partial charge in [-0.3, -0.25) is 9.69 Å². The number of likely N-dealkylation sites (tertiary alicyclic amines) is 1. The van der Waals surface area contributed by atoms with Gasteiger partial charge in [0.15, 0.2) is 0 Å². The predicted molar refractivity (Wildman–Crippen MR) is 77.5 cm³/mol. The third kappa shape index (κ3) is 2.86. The Morgan fingerprint density at radius 2 is 2.10 bits per heavy atom. The van der Waals surface area contributed by atoms with Crippen molar-refractivity contribution < 1.29 is 9.53 Å². The fourth-order valence-electron chi connectivity index (χ4n) is 3.01. The zero-order chi connectivity index (χ0) is 13.9. The molecule has 0 spiro atoms. The molecule has 0 saturated carbocycles. The van der Waals surface area contributed by atoms with E-state index in [1.165, 1.54) is 18.2 Å². The molecule has 0 aromatic heterocycles. The van der Waals surface area contributed by atoms with Gasteiger partial charge in [-0.2, -0.15) is 0 Å². The van der Waals surface area contributed by atoms with Gasteiger partial charge in [-0.15, -0.1) is 0 Å². The topological polar surface area (TPSA) is 41.6 Å². The number of esters is 1. The molecular formula is C16H22N2O2. The number of hydrogen-bond acceptors (Lipinski definition) is 4. The van der Waals surface area contributed by atoms with E-state index in [9.17, 15) is 4.79 Å². The standard InChI is InChI=1S/C16H22N2O2/c1-20-16(19)14-6-7-18(11-14)10-12-2-4-13(5-3-12)15-8-17-9-15/h2-5,14-15,17H,6-11H2,1H3/t14-/m0/s1. The Hall–Kier alpha value is -1.39. The maximum atomic E-state index is 11.5. The van der Waals surface area contributed by atoms with Crippen LogP contribution in [0.4, 0.5) is 0 Å². The highest BCUT2D eigenvalue weighted by Crippen LogP contribution is 2.22. The smallest absolute Gasteiger partial charge is 0.310 e. The lowest BCUT2D eigenvalue weighted by atomic mass is 9.93. The molecule has 1 aromatic rings. The highest BCUT2D eigenvalue weighted by atomic mass is 16.5. The van der Waals surface area contributed by atoms with Crippen molar-refractivity contribution in [3.05, 3.63) is 35.4 Å². The summed E-state index contributed by atoms with van der Waals surface area (Å²) in [6, 6.07) is 8.93. The average molecular weight is 274 g/mol. The molecule has 1 atom stereocenters. The van der Waals surface area contributed by atoms with Crippen molar-refractivity contribution in [1.29, 1.82) is 0 Å². The van der Waals surface area contributed by atoms with Gasteiger partial charge in [0.25, 0.3) is 0 Å². The molecule has 1 aromatic carbocycles. The monoisotopic (exact) mass is 274 g/mol. The Bertz CT molecular complexity index is 468. The molecule has 2 saturated heterocycles. The lowest BCUT2D eigenvalue weighted by Gasteiger charge is -2.27. The zero-order valence-corrected chi connectivity index (χ0v) is 12.0. The Balaban J connectivity index is 1.54. The molecule has 2 aliphatic heterocycles. The molecule has 2 heterocycles. The molecule has 1 N–H and O–H groups in total. The summed E-state index contributed by atoms with van der Waals surface area (Å²) in [6.07, 6.45) is 0.915. The second-order valence-electron chi connectivity index (χ2n) is 5.84. The fourth-order valence-corrected chi connectivity index (χ4v) is 3.01. The van der Waals surface area contributed by atoms with Crippen LogP contribution in [0.1, 0.15) is 23.5 Å². The quantitative estimate of drug-likeness (QED) is 0.842. The lowest BCUT2D eigenvalue weighted by molar-refractivity contribution is -0.144. The number of methoxy groups -OCH3 is 1. The molecule has 4 nitrogen and oxygen atoms in total. The molecule has 0 radical (unpaired) electrons. The predicted octanol–water partition coefficient (Wildman–Crippen LogP) is 1.37. The van der Waals surface area contributed by atoms with Crippen molar-refractivity contribution in [3.8, 4) is 0 Å². The second-order valence-corrected chi connectivity index (χ2v) is 5.84. The van der Waals surface area contributed by atoms with Crippen LogP contribution in [-0.4, -0.2) is 44.2 Å². The average Bonchev–Trinajstić information content (AvgIpc) is 2.86. The highest BCUT2D eigenvalue weighted by Gasteiger charge is 2.28. The summed E-state index contributed by atoms with van der Waals surface area (Å²) >= 11 is 0. The van der Waals surface area contributed by atoms with Crippen LogP contribution in [0.3, 0.4) is 0 Å². The third-order valence-electron chi connectivity index (χ3n) is 4.45. The summed E-state index contributed by atoms with van der Waals surface area (Å²) in [7, 11) is 1.47. The van der Waals surface area contributed by atoms with E-state index < -0.39 is 0 Å². The van der Waals surface area contributed by atoms with Gasteiger partial charge in [-0.1, -0.05) is 24.3 Å². The molecule has 0 unspecified atom stereocenters. The molecule has 4 heteroatoms. The van der Waals surface area contributed by atoms with Crippen molar-refractivity contribution in [1.82, 2.24) is 10.2 Å². The summed E-state index contributed by atoms with van der Waals surface area (Å²) in [5.74, 6) is 0.681. The Morgan fingerprint density at radius 1 is 1.35 bits per heavy atom. The number of rotatable bonds is 4. The van der Waals surface area contributed by atoms with E-state index in [4.69, 9.17) is 4.74 Å². The van der Waals surface area contributed by atoms with Crippen molar-refractivity contribution in [2.45, 2.75) is 18.9 Å². The van der Waals surface area contributed by atoms with Crippen LogP contribution in [0.25, 0.3) is 0 Å². The molecule has 108 valence electrons. The normalized spacial score (nSPS) is 23.6. The Morgan fingerprint density at radius 3 is 2.70 bits per heavy atom. The molecule has 0 aliphatic carbocycles. The van der Waals surface area contributed by atoms with E-state index in [2.05, 4.69) is 34.5 Å². The van der Waals surface area contributed by atoms with Crippen LogP contribution < -0.4 is 5.32 Å². The first-order chi connectivity index (χ1) is 9.76. The first-order valence-corrected chi connectivity index (χ1v) is 7.36. The number of ether oxygens (including phenoxy) is 1. The van der Waals surface area contributed by atoms with Gasteiger partial charge in [-0.25, -0.2) is 0 Å². The Kier molecular flexibility index (Phi) is 4.03. The maximum Gasteiger partial charge on any atom is 0.310 e. The van der Waals surface area contributed by atoms with Gasteiger partial charge >= 0.3 is 5.97 Å². The number of carbonyl (C=O) groups is 1. The molecule has 3 rings (SSSR count). The Labute approximate surface area is 120 Å². The van der Waals surface area contributed by atoms with E-state index >= 15 is 0 Å². The number of hydrogen-bond donors (Lipinski definition) is 1.